The molecule has 1 nitrogen and oxygen atoms in total. The molecule has 1 rings (SSSR count). The number of hydrogen-bond donors (Lipinski definition) is 1. The van der Waals surface area contributed by atoms with E-state index in [1.54, 1.807) is 0 Å². The molecular weight excluding hydrogens is 182 g/mol. The highest BCUT2D eigenvalue weighted by atomic mass is 14.5. The van der Waals surface area contributed by atoms with Crippen LogP contribution in [0, 0.1) is 0 Å². The molecule has 0 heterocycles. The predicted octanol–water partition coefficient (Wildman–Crippen LogP) is 3.75. The van der Waals surface area contributed by atoms with Crippen molar-refractivity contribution in [2.45, 2.75) is 33.6 Å². The van der Waals surface area contributed by atoms with Crippen LogP contribution in [0.1, 0.15) is 33.6 Å². The molecule has 1 heteroatoms. The first kappa shape index (κ1) is 13.9. The molecule has 0 saturated heterocycles. The molecule has 0 aromatic carbocycles. The molecule has 0 aromatic rings. The first-order valence-electron chi connectivity index (χ1n) is 5.69. The Balaban J connectivity index is 0.000000921. The van der Waals surface area contributed by atoms with E-state index in [0.717, 1.165) is 12.8 Å². The van der Waals surface area contributed by atoms with Crippen molar-refractivity contribution in [3.05, 3.63) is 47.6 Å². The molecule has 1 aliphatic carbocycles. The lowest BCUT2D eigenvalue weighted by molar-refractivity contribution is 0.968. The molecule has 0 radical (unpaired) electrons. The summed E-state index contributed by atoms with van der Waals surface area (Å²) in [6.45, 7) is 10.4. The average Bonchev–Trinajstić information content (AvgIpc) is 2.32. The molecule has 0 aliphatic heterocycles. The van der Waals surface area contributed by atoms with Gasteiger partial charge in [0.2, 0.25) is 0 Å². The zero-order valence-corrected chi connectivity index (χ0v) is 10.2. The minimum absolute atomic E-state index is 0.633. The van der Waals surface area contributed by atoms with Gasteiger partial charge in [0.1, 0.15) is 0 Å². The summed E-state index contributed by atoms with van der Waals surface area (Å²) in [5, 5.41) is 0. The van der Waals surface area contributed by atoms with Crippen molar-refractivity contribution in [3.8, 4) is 0 Å². The van der Waals surface area contributed by atoms with Crippen molar-refractivity contribution in [3.63, 3.8) is 0 Å². The Morgan fingerprint density at radius 3 is 2.53 bits per heavy atom. The number of nitrogens with two attached hydrogens (primary N) is 1. The van der Waals surface area contributed by atoms with Gasteiger partial charge in [-0.2, -0.15) is 0 Å². The average molecular weight is 205 g/mol. The number of hydrogen-bond acceptors (Lipinski definition) is 1. The molecule has 2 N–H and O–H groups in total. The summed E-state index contributed by atoms with van der Waals surface area (Å²) < 4.78 is 0. The lowest BCUT2D eigenvalue weighted by Gasteiger charge is -2.15. The maximum atomic E-state index is 5.67. The van der Waals surface area contributed by atoms with E-state index in [1.165, 1.54) is 16.7 Å². The zero-order chi connectivity index (χ0) is 11.7. The van der Waals surface area contributed by atoms with Crippen LogP contribution in [-0.4, -0.2) is 6.54 Å². The van der Waals surface area contributed by atoms with E-state index in [2.05, 4.69) is 25.7 Å². The molecule has 0 spiro atoms. The second-order valence-corrected chi connectivity index (χ2v) is 3.21. The third-order valence-corrected chi connectivity index (χ3v) is 2.26. The first-order chi connectivity index (χ1) is 7.29. The van der Waals surface area contributed by atoms with Crippen molar-refractivity contribution < 1.29 is 0 Å². The van der Waals surface area contributed by atoms with Crippen molar-refractivity contribution in [2.75, 3.05) is 6.54 Å². The second-order valence-electron chi connectivity index (χ2n) is 3.21. The standard InChI is InChI=1S/C12H17N.C2H6/c1-3-6-10(2)12-8-5-4-7-11(12)9-13;1-2/h3,6-8H,1,4-5,9,13H2,2H3;1-2H3/b10-6+;. The van der Waals surface area contributed by atoms with Crippen LogP contribution in [-0.2, 0) is 0 Å². The van der Waals surface area contributed by atoms with Gasteiger partial charge in [-0.1, -0.05) is 44.7 Å². The summed E-state index contributed by atoms with van der Waals surface area (Å²) in [6, 6.07) is 0. The zero-order valence-electron chi connectivity index (χ0n) is 10.2. The van der Waals surface area contributed by atoms with Gasteiger partial charge in [-0.05, 0) is 36.5 Å². The number of allylic oxidation sites excluding steroid dienone is 5. The van der Waals surface area contributed by atoms with E-state index in [-0.39, 0.29) is 0 Å². The fraction of sp³-hybridized carbons (Fsp3) is 0.429. The van der Waals surface area contributed by atoms with Gasteiger partial charge in [0.25, 0.3) is 0 Å². The number of rotatable bonds is 3. The Morgan fingerprint density at radius 1 is 1.40 bits per heavy atom. The largest absolute Gasteiger partial charge is 0.326 e. The van der Waals surface area contributed by atoms with Crippen molar-refractivity contribution >= 4 is 0 Å². The van der Waals surface area contributed by atoms with Crippen molar-refractivity contribution in [1.29, 1.82) is 0 Å². The van der Waals surface area contributed by atoms with Crippen LogP contribution in [0.3, 0.4) is 0 Å². The first-order valence-corrected chi connectivity index (χ1v) is 5.69. The van der Waals surface area contributed by atoms with Gasteiger partial charge >= 0.3 is 0 Å². The van der Waals surface area contributed by atoms with E-state index >= 15 is 0 Å². The predicted molar refractivity (Wildman–Crippen MR) is 69.8 cm³/mol. The van der Waals surface area contributed by atoms with Crippen molar-refractivity contribution in [1.82, 2.24) is 0 Å². The Morgan fingerprint density at radius 2 is 2.00 bits per heavy atom. The minimum Gasteiger partial charge on any atom is -0.326 e. The molecule has 0 saturated carbocycles. The van der Waals surface area contributed by atoms with Crippen LogP contribution in [0.2, 0.25) is 0 Å². The third kappa shape index (κ3) is 4.30. The van der Waals surface area contributed by atoms with Gasteiger partial charge in [0.05, 0.1) is 0 Å². The lowest BCUT2D eigenvalue weighted by Crippen LogP contribution is -2.08. The lowest BCUT2D eigenvalue weighted by atomic mass is 9.92. The molecule has 0 unspecified atom stereocenters. The van der Waals surface area contributed by atoms with E-state index in [1.807, 2.05) is 26.0 Å². The molecule has 84 valence electrons. The van der Waals surface area contributed by atoms with E-state index in [9.17, 15) is 0 Å². The van der Waals surface area contributed by atoms with Gasteiger partial charge < -0.3 is 5.73 Å². The highest BCUT2D eigenvalue weighted by Crippen LogP contribution is 2.24. The maximum Gasteiger partial charge on any atom is 0.0180 e. The summed E-state index contributed by atoms with van der Waals surface area (Å²) in [5.41, 5.74) is 9.49. The van der Waals surface area contributed by atoms with Gasteiger partial charge in [0, 0.05) is 6.54 Å². The molecule has 0 fully saturated rings. The van der Waals surface area contributed by atoms with Crippen LogP contribution >= 0.6 is 0 Å². The van der Waals surface area contributed by atoms with E-state index in [4.69, 9.17) is 5.73 Å². The van der Waals surface area contributed by atoms with Gasteiger partial charge in [-0.25, -0.2) is 0 Å². The molecule has 0 atom stereocenters. The molecule has 15 heavy (non-hydrogen) atoms. The molecule has 0 bridgehead atoms. The maximum absolute atomic E-state index is 5.67. The normalized spacial score (nSPS) is 15.9. The highest BCUT2D eigenvalue weighted by molar-refractivity contribution is 5.48. The molecule has 1 aliphatic rings. The van der Waals surface area contributed by atoms with Gasteiger partial charge in [0.15, 0.2) is 0 Å². The van der Waals surface area contributed by atoms with Gasteiger partial charge in [-0.15, -0.1) is 0 Å². The monoisotopic (exact) mass is 205 g/mol. The van der Waals surface area contributed by atoms with Crippen LogP contribution in [0.25, 0.3) is 0 Å². The Kier molecular flexibility index (Phi) is 7.65. The Bertz CT molecular complexity index is 276. The summed E-state index contributed by atoms with van der Waals surface area (Å²) in [6.07, 6.45) is 10.6. The molecule has 0 amide bonds. The highest BCUT2D eigenvalue weighted by Gasteiger charge is 2.07. The summed E-state index contributed by atoms with van der Waals surface area (Å²) in [4.78, 5) is 0. The Hall–Kier alpha value is -1.08. The quantitative estimate of drug-likeness (QED) is 0.698. The van der Waals surface area contributed by atoms with E-state index < -0.39 is 0 Å². The fourth-order valence-corrected chi connectivity index (χ4v) is 1.60. The summed E-state index contributed by atoms with van der Waals surface area (Å²) in [5.74, 6) is 0. The molecular formula is C14H23N. The SMILES string of the molecule is C=C/C=C(\C)C1=CCCC=C1CN.CC. The topological polar surface area (TPSA) is 26.0 Å². The van der Waals surface area contributed by atoms with Gasteiger partial charge in [-0.3, -0.25) is 0 Å². The smallest absolute Gasteiger partial charge is 0.0180 e. The Labute approximate surface area is 94.1 Å². The summed E-state index contributed by atoms with van der Waals surface area (Å²) >= 11 is 0. The van der Waals surface area contributed by atoms with Crippen LogP contribution in [0.15, 0.2) is 47.6 Å². The fourth-order valence-electron chi connectivity index (χ4n) is 1.60. The minimum atomic E-state index is 0.633. The second kappa shape index (κ2) is 8.25. The molecule has 0 aromatic heterocycles. The van der Waals surface area contributed by atoms with Crippen molar-refractivity contribution in [2.24, 2.45) is 5.73 Å². The van der Waals surface area contributed by atoms with Crippen LogP contribution < -0.4 is 5.73 Å². The van der Waals surface area contributed by atoms with Crippen LogP contribution in [0.4, 0.5) is 0 Å². The third-order valence-electron chi connectivity index (χ3n) is 2.26. The van der Waals surface area contributed by atoms with E-state index in [0.29, 0.717) is 6.54 Å². The summed E-state index contributed by atoms with van der Waals surface area (Å²) in [7, 11) is 0. The van der Waals surface area contributed by atoms with Crippen LogP contribution in [0.5, 0.6) is 0 Å².